The number of carbonyl (C=O) groups excluding carboxylic acids is 1. The van der Waals surface area contributed by atoms with Gasteiger partial charge in [0.2, 0.25) is 0 Å². The molecule has 0 amide bonds. The van der Waals surface area contributed by atoms with E-state index in [-0.39, 0.29) is 6.04 Å². The zero-order chi connectivity index (χ0) is 15.4. The molecule has 0 radical (unpaired) electrons. The van der Waals surface area contributed by atoms with Crippen molar-refractivity contribution in [1.82, 2.24) is 5.06 Å². The van der Waals surface area contributed by atoms with Gasteiger partial charge in [-0.25, -0.2) is 0 Å². The number of rotatable bonds is 3. The highest BCUT2D eigenvalue weighted by Crippen LogP contribution is 2.32. The first-order valence-electron chi connectivity index (χ1n) is 6.89. The van der Waals surface area contributed by atoms with E-state index in [0.717, 1.165) is 11.1 Å². The molecule has 1 aliphatic rings. The second-order valence-electron chi connectivity index (χ2n) is 4.95. The lowest BCUT2D eigenvalue weighted by Crippen LogP contribution is -2.30. The highest BCUT2D eigenvalue weighted by molar-refractivity contribution is 5.43. The van der Waals surface area contributed by atoms with Crippen molar-refractivity contribution in [1.29, 1.82) is 5.26 Å². The first-order chi connectivity index (χ1) is 10.8. The summed E-state index contributed by atoms with van der Waals surface area (Å²) in [5.41, 5.74) is 2.41. The van der Waals surface area contributed by atoms with E-state index in [1.807, 2.05) is 36.4 Å². The molecule has 3 rings (SSSR count). The molecule has 0 spiro atoms. The van der Waals surface area contributed by atoms with Crippen LogP contribution in [0.15, 0.2) is 48.5 Å². The lowest BCUT2D eigenvalue weighted by molar-refractivity contribution is -0.192. The van der Waals surface area contributed by atoms with Crippen LogP contribution < -0.4 is 4.74 Å². The molecule has 0 N–H and O–H groups in total. The van der Waals surface area contributed by atoms with Crippen LogP contribution in [0.1, 0.15) is 22.7 Å². The molecule has 5 nitrogen and oxygen atoms in total. The Morgan fingerprint density at radius 2 is 2.09 bits per heavy atom. The van der Waals surface area contributed by atoms with Crippen molar-refractivity contribution in [2.45, 2.75) is 12.6 Å². The van der Waals surface area contributed by atoms with Gasteiger partial charge in [0.25, 0.3) is 0 Å². The Bertz CT molecular complexity index is 710. The van der Waals surface area contributed by atoms with Crippen molar-refractivity contribution >= 4 is 6.47 Å². The number of nitrogens with zero attached hydrogens (tertiary/aromatic N) is 2. The molecule has 110 valence electrons. The fourth-order valence-electron chi connectivity index (χ4n) is 2.52. The van der Waals surface area contributed by atoms with E-state index in [4.69, 9.17) is 14.8 Å². The Balaban J connectivity index is 1.95. The minimum atomic E-state index is -0.204. The summed E-state index contributed by atoms with van der Waals surface area (Å²) in [6.07, 6.45) is 0. The third-order valence-electron chi connectivity index (χ3n) is 3.63. The predicted molar refractivity (Wildman–Crippen MR) is 78.5 cm³/mol. The topological polar surface area (TPSA) is 62.6 Å². The molecule has 1 aliphatic heterocycles. The first-order valence-corrected chi connectivity index (χ1v) is 6.89. The number of hydrogen-bond donors (Lipinski definition) is 0. The van der Waals surface area contributed by atoms with Crippen molar-refractivity contribution in [3.05, 3.63) is 65.2 Å². The van der Waals surface area contributed by atoms with Crippen molar-refractivity contribution in [2.75, 3.05) is 6.61 Å². The fraction of sp³-hybridized carbons (Fsp3) is 0.176. The van der Waals surface area contributed by atoms with E-state index in [0.29, 0.717) is 30.9 Å². The van der Waals surface area contributed by atoms with E-state index in [9.17, 15) is 4.79 Å². The van der Waals surface area contributed by atoms with E-state index in [1.54, 1.807) is 17.2 Å². The number of fused-ring (bicyclic) bond motifs is 1. The van der Waals surface area contributed by atoms with Crippen LogP contribution in [-0.4, -0.2) is 18.1 Å². The second-order valence-corrected chi connectivity index (χ2v) is 4.95. The third-order valence-corrected chi connectivity index (χ3v) is 3.63. The lowest BCUT2D eigenvalue weighted by atomic mass is 10.1. The maximum Gasteiger partial charge on any atom is 0.313 e. The molecule has 1 atom stereocenters. The first kappa shape index (κ1) is 14.1. The summed E-state index contributed by atoms with van der Waals surface area (Å²) in [7, 11) is 0. The Morgan fingerprint density at radius 1 is 1.27 bits per heavy atom. The molecule has 5 heteroatoms. The molecule has 0 saturated carbocycles. The molecule has 22 heavy (non-hydrogen) atoms. The Labute approximate surface area is 128 Å². The summed E-state index contributed by atoms with van der Waals surface area (Å²) in [5, 5.41) is 10.6. The quantitative estimate of drug-likeness (QED) is 0.814. The van der Waals surface area contributed by atoms with Gasteiger partial charge < -0.3 is 9.57 Å². The number of hydroxylamine groups is 2. The standard InChI is InChI=1S/C17H14N2O3/c18-9-13-6-7-15-10-19(22-12-20)16(11-21-17(15)8-13)14-4-2-1-3-5-14/h1-8,12,16H,10-11H2/t16-/m1/s1. The van der Waals surface area contributed by atoms with Crippen molar-refractivity contribution in [2.24, 2.45) is 0 Å². The van der Waals surface area contributed by atoms with Crippen LogP contribution in [0.5, 0.6) is 5.75 Å². The van der Waals surface area contributed by atoms with E-state index in [2.05, 4.69) is 6.07 Å². The summed E-state index contributed by atoms with van der Waals surface area (Å²) in [6.45, 7) is 1.16. The number of hydrogen-bond acceptors (Lipinski definition) is 5. The smallest absolute Gasteiger partial charge is 0.313 e. The van der Waals surface area contributed by atoms with Crippen LogP contribution in [0.4, 0.5) is 0 Å². The summed E-state index contributed by atoms with van der Waals surface area (Å²) < 4.78 is 5.85. The van der Waals surface area contributed by atoms with Gasteiger partial charge in [0, 0.05) is 5.56 Å². The molecular formula is C17H14N2O3. The predicted octanol–water partition coefficient (Wildman–Crippen LogP) is 2.58. The Morgan fingerprint density at radius 3 is 2.82 bits per heavy atom. The van der Waals surface area contributed by atoms with Gasteiger partial charge in [0.05, 0.1) is 18.2 Å². The number of benzene rings is 2. The van der Waals surface area contributed by atoms with Crippen LogP contribution in [0.3, 0.4) is 0 Å². The van der Waals surface area contributed by atoms with Crippen LogP contribution in [0, 0.1) is 11.3 Å². The van der Waals surface area contributed by atoms with Gasteiger partial charge >= 0.3 is 6.47 Å². The summed E-state index contributed by atoms with van der Waals surface area (Å²) in [4.78, 5) is 16.0. The van der Waals surface area contributed by atoms with Gasteiger partial charge in [0.15, 0.2) is 0 Å². The minimum Gasteiger partial charge on any atom is -0.491 e. The summed E-state index contributed by atoms with van der Waals surface area (Å²) in [6, 6.07) is 16.9. The Hall–Kier alpha value is -2.84. The molecule has 0 fully saturated rings. The maximum absolute atomic E-state index is 10.8. The van der Waals surface area contributed by atoms with Gasteiger partial charge in [0.1, 0.15) is 18.4 Å². The van der Waals surface area contributed by atoms with E-state index >= 15 is 0 Å². The summed E-state index contributed by atoms with van der Waals surface area (Å²) >= 11 is 0. The Kier molecular flexibility index (Phi) is 4.03. The summed E-state index contributed by atoms with van der Waals surface area (Å²) in [5.74, 6) is 0.650. The largest absolute Gasteiger partial charge is 0.491 e. The maximum atomic E-state index is 10.8. The number of carbonyl (C=O) groups is 1. The number of ether oxygens (including phenoxy) is 1. The molecule has 0 saturated heterocycles. The zero-order valence-electron chi connectivity index (χ0n) is 11.8. The average Bonchev–Trinajstić information content (AvgIpc) is 2.74. The minimum absolute atomic E-state index is 0.204. The molecule has 0 aromatic heterocycles. The van der Waals surface area contributed by atoms with Gasteiger partial charge in [-0.15, -0.1) is 5.06 Å². The SMILES string of the molecule is N#Cc1ccc2c(c1)OC[C@H](c1ccccc1)N(OC=O)C2. The molecule has 1 heterocycles. The van der Waals surface area contributed by atoms with Gasteiger partial charge in [-0.05, 0) is 17.7 Å². The van der Waals surface area contributed by atoms with Gasteiger partial charge in [-0.1, -0.05) is 36.4 Å². The highest BCUT2D eigenvalue weighted by atomic mass is 16.7. The van der Waals surface area contributed by atoms with Crippen LogP contribution in [-0.2, 0) is 16.2 Å². The molecule has 0 unspecified atom stereocenters. The molecule has 2 aromatic carbocycles. The van der Waals surface area contributed by atoms with Crippen molar-refractivity contribution in [3.63, 3.8) is 0 Å². The van der Waals surface area contributed by atoms with Gasteiger partial charge in [-0.2, -0.15) is 5.26 Å². The normalized spacial score (nSPS) is 17.5. The van der Waals surface area contributed by atoms with Crippen LogP contribution >= 0.6 is 0 Å². The monoisotopic (exact) mass is 294 g/mol. The van der Waals surface area contributed by atoms with Crippen LogP contribution in [0.25, 0.3) is 0 Å². The molecule has 0 bridgehead atoms. The average molecular weight is 294 g/mol. The molecule has 0 aliphatic carbocycles. The zero-order valence-corrected chi connectivity index (χ0v) is 11.8. The van der Waals surface area contributed by atoms with Gasteiger partial charge in [-0.3, -0.25) is 4.79 Å². The lowest BCUT2D eigenvalue weighted by Gasteiger charge is -2.25. The molecular weight excluding hydrogens is 280 g/mol. The highest BCUT2D eigenvalue weighted by Gasteiger charge is 2.27. The van der Waals surface area contributed by atoms with Crippen molar-refractivity contribution in [3.8, 4) is 11.8 Å². The molecule has 2 aromatic rings. The number of nitriles is 1. The van der Waals surface area contributed by atoms with Crippen molar-refractivity contribution < 1.29 is 14.4 Å². The van der Waals surface area contributed by atoms with E-state index < -0.39 is 0 Å². The fourth-order valence-corrected chi connectivity index (χ4v) is 2.52. The third kappa shape index (κ3) is 2.78. The second kappa shape index (κ2) is 6.29. The van der Waals surface area contributed by atoms with Crippen LogP contribution in [0.2, 0.25) is 0 Å². The van der Waals surface area contributed by atoms with E-state index in [1.165, 1.54) is 0 Å².